The molecule has 3 heterocycles. The van der Waals surface area contributed by atoms with Crippen LogP contribution in [0.5, 0.6) is 5.75 Å². The van der Waals surface area contributed by atoms with Crippen molar-refractivity contribution in [3.8, 4) is 17.1 Å². The van der Waals surface area contributed by atoms with E-state index in [0.29, 0.717) is 17.3 Å². The van der Waals surface area contributed by atoms with E-state index in [9.17, 15) is 5.11 Å². The fraction of sp³-hybridized carbons (Fsp3) is 0.105. The smallest absolute Gasteiger partial charge is 0.164 e. The van der Waals surface area contributed by atoms with Gasteiger partial charge in [-0.15, -0.1) is 11.3 Å². The lowest BCUT2D eigenvalue weighted by molar-refractivity contribution is 0.477. The Bertz CT molecular complexity index is 1060. The predicted octanol–water partition coefficient (Wildman–Crippen LogP) is 4.82. The van der Waals surface area contributed by atoms with Gasteiger partial charge in [-0.3, -0.25) is 4.98 Å². The largest absolute Gasteiger partial charge is 0.506 e. The molecule has 4 rings (SSSR count). The minimum Gasteiger partial charge on any atom is -0.506 e. The zero-order valence-corrected chi connectivity index (χ0v) is 14.6. The van der Waals surface area contributed by atoms with Gasteiger partial charge in [0.05, 0.1) is 11.1 Å². The number of benzene rings is 1. The van der Waals surface area contributed by atoms with Crippen LogP contribution >= 0.6 is 11.3 Å². The number of phenolic OH excluding ortho intramolecular Hbond substituents is 1. The van der Waals surface area contributed by atoms with Crippen LogP contribution in [-0.2, 0) is 0 Å². The van der Waals surface area contributed by atoms with Crippen molar-refractivity contribution >= 4 is 33.1 Å². The molecule has 0 saturated heterocycles. The molecule has 5 nitrogen and oxygen atoms in total. The number of rotatable bonds is 3. The van der Waals surface area contributed by atoms with Crippen molar-refractivity contribution in [2.24, 2.45) is 0 Å². The number of aromatic hydroxyl groups is 1. The highest BCUT2D eigenvalue weighted by Gasteiger charge is 2.13. The third-order valence-electron chi connectivity index (χ3n) is 3.84. The number of anilines is 2. The van der Waals surface area contributed by atoms with E-state index >= 15 is 0 Å². The summed E-state index contributed by atoms with van der Waals surface area (Å²) < 4.78 is 0. The van der Waals surface area contributed by atoms with Crippen molar-refractivity contribution in [3.63, 3.8) is 0 Å². The first-order chi connectivity index (χ1) is 12.1. The standard InChI is InChI=1S/C19H16N4OS/c1-11-5-6-16(24)15(8-11)21-18-14-9-12(2)25-19(14)23-17(22-18)13-4-3-7-20-10-13/h3-10,24H,1-2H3,(H,21,22,23). The summed E-state index contributed by atoms with van der Waals surface area (Å²) in [6, 6.07) is 11.3. The molecule has 0 aliphatic rings. The van der Waals surface area contributed by atoms with Crippen LogP contribution in [0.2, 0.25) is 0 Å². The molecule has 0 aliphatic heterocycles. The second kappa shape index (κ2) is 6.14. The summed E-state index contributed by atoms with van der Waals surface area (Å²) in [7, 11) is 0. The number of phenols is 1. The molecule has 1 aromatic carbocycles. The highest BCUT2D eigenvalue weighted by molar-refractivity contribution is 7.18. The van der Waals surface area contributed by atoms with Gasteiger partial charge in [-0.2, -0.15) is 0 Å². The molecular weight excluding hydrogens is 332 g/mol. The molecule has 0 atom stereocenters. The van der Waals surface area contributed by atoms with Crippen LogP contribution in [0.3, 0.4) is 0 Å². The first-order valence-electron chi connectivity index (χ1n) is 7.85. The molecule has 0 amide bonds. The van der Waals surface area contributed by atoms with Crippen molar-refractivity contribution in [2.75, 3.05) is 5.32 Å². The van der Waals surface area contributed by atoms with Gasteiger partial charge in [0.25, 0.3) is 0 Å². The first-order valence-corrected chi connectivity index (χ1v) is 8.67. The Labute approximate surface area is 149 Å². The third kappa shape index (κ3) is 3.04. The Hall–Kier alpha value is -2.99. The van der Waals surface area contributed by atoms with Crippen molar-refractivity contribution in [1.29, 1.82) is 0 Å². The highest BCUT2D eigenvalue weighted by Crippen LogP contribution is 2.34. The predicted molar refractivity (Wildman–Crippen MR) is 102 cm³/mol. The molecule has 4 aromatic rings. The summed E-state index contributed by atoms with van der Waals surface area (Å²) in [4.78, 5) is 15.6. The van der Waals surface area contributed by atoms with Crippen molar-refractivity contribution < 1.29 is 5.11 Å². The second-order valence-electron chi connectivity index (χ2n) is 5.86. The maximum Gasteiger partial charge on any atom is 0.164 e. The van der Waals surface area contributed by atoms with E-state index in [4.69, 9.17) is 0 Å². The fourth-order valence-corrected chi connectivity index (χ4v) is 3.52. The van der Waals surface area contributed by atoms with E-state index < -0.39 is 0 Å². The Morgan fingerprint density at radius 2 is 1.96 bits per heavy atom. The van der Waals surface area contributed by atoms with Crippen molar-refractivity contribution in [3.05, 3.63) is 59.2 Å². The van der Waals surface area contributed by atoms with Gasteiger partial charge < -0.3 is 10.4 Å². The lowest BCUT2D eigenvalue weighted by Crippen LogP contribution is -1.98. The average Bonchev–Trinajstić information content (AvgIpc) is 2.99. The number of hydrogen-bond donors (Lipinski definition) is 2. The molecule has 0 spiro atoms. The Balaban J connectivity index is 1.88. The first kappa shape index (κ1) is 15.5. The second-order valence-corrected chi connectivity index (χ2v) is 7.09. The van der Waals surface area contributed by atoms with E-state index in [2.05, 4.69) is 26.3 Å². The molecule has 2 N–H and O–H groups in total. The zero-order chi connectivity index (χ0) is 17.4. The molecule has 25 heavy (non-hydrogen) atoms. The number of hydrogen-bond acceptors (Lipinski definition) is 6. The fourth-order valence-electron chi connectivity index (χ4n) is 2.64. The van der Waals surface area contributed by atoms with Crippen LogP contribution < -0.4 is 5.32 Å². The molecule has 0 radical (unpaired) electrons. The summed E-state index contributed by atoms with van der Waals surface area (Å²) >= 11 is 1.62. The minimum atomic E-state index is 0.187. The van der Waals surface area contributed by atoms with Gasteiger partial charge in [0.1, 0.15) is 16.4 Å². The molecule has 124 valence electrons. The van der Waals surface area contributed by atoms with Gasteiger partial charge in [-0.05, 0) is 49.7 Å². The Morgan fingerprint density at radius 1 is 1.08 bits per heavy atom. The van der Waals surface area contributed by atoms with E-state index in [1.807, 2.05) is 38.1 Å². The van der Waals surface area contributed by atoms with Crippen LogP contribution in [0.1, 0.15) is 10.4 Å². The lowest BCUT2D eigenvalue weighted by Gasteiger charge is -2.11. The average molecular weight is 348 g/mol. The maximum absolute atomic E-state index is 10.1. The minimum absolute atomic E-state index is 0.187. The zero-order valence-electron chi connectivity index (χ0n) is 13.8. The summed E-state index contributed by atoms with van der Waals surface area (Å²) in [5.41, 5.74) is 2.53. The number of pyridine rings is 1. The highest BCUT2D eigenvalue weighted by atomic mass is 32.1. The normalized spacial score (nSPS) is 11.0. The molecule has 0 unspecified atom stereocenters. The van der Waals surface area contributed by atoms with E-state index in [0.717, 1.165) is 26.2 Å². The number of thiophene rings is 1. The number of nitrogens with zero attached hydrogens (tertiary/aromatic N) is 3. The topological polar surface area (TPSA) is 70.9 Å². The summed E-state index contributed by atoms with van der Waals surface area (Å²) in [5, 5.41) is 14.4. The lowest BCUT2D eigenvalue weighted by atomic mass is 10.2. The van der Waals surface area contributed by atoms with E-state index in [1.165, 1.54) is 0 Å². The van der Waals surface area contributed by atoms with Crippen molar-refractivity contribution in [2.45, 2.75) is 13.8 Å². The molecule has 3 aromatic heterocycles. The van der Waals surface area contributed by atoms with Crippen LogP contribution in [0.25, 0.3) is 21.6 Å². The van der Waals surface area contributed by atoms with Crippen LogP contribution in [0, 0.1) is 13.8 Å². The third-order valence-corrected chi connectivity index (χ3v) is 4.79. The number of aryl methyl sites for hydroxylation is 2. The van der Waals surface area contributed by atoms with Gasteiger partial charge in [0.15, 0.2) is 5.82 Å². The SMILES string of the molecule is Cc1ccc(O)c(Nc2nc(-c3cccnc3)nc3sc(C)cc23)c1. The monoisotopic (exact) mass is 348 g/mol. The van der Waals surface area contributed by atoms with Crippen LogP contribution in [-0.4, -0.2) is 20.1 Å². The van der Waals surface area contributed by atoms with Gasteiger partial charge in [0.2, 0.25) is 0 Å². The van der Waals surface area contributed by atoms with Gasteiger partial charge >= 0.3 is 0 Å². The molecule has 0 bridgehead atoms. The Morgan fingerprint density at radius 3 is 2.76 bits per heavy atom. The number of nitrogens with one attached hydrogen (secondary N) is 1. The van der Waals surface area contributed by atoms with Gasteiger partial charge in [0, 0.05) is 22.8 Å². The summed E-state index contributed by atoms with van der Waals surface area (Å²) in [6.07, 6.45) is 3.47. The van der Waals surface area contributed by atoms with E-state index in [1.54, 1.807) is 29.8 Å². The molecule has 0 fully saturated rings. The maximum atomic E-state index is 10.1. The van der Waals surface area contributed by atoms with Crippen LogP contribution in [0.15, 0.2) is 48.8 Å². The summed E-state index contributed by atoms with van der Waals surface area (Å²) in [5.74, 6) is 1.47. The molecule has 0 saturated carbocycles. The summed E-state index contributed by atoms with van der Waals surface area (Å²) in [6.45, 7) is 4.03. The quantitative estimate of drug-likeness (QED) is 0.519. The molecule has 6 heteroatoms. The Kier molecular flexibility index (Phi) is 3.82. The van der Waals surface area contributed by atoms with Gasteiger partial charge in [-0.1, -0.05) is 6.07 Å². The van der Waals surface area contributed by atoms with E-state index in [-0.39, 0.29) is 5.75 Å². The number of aromatic nitrogens is 3. The van der Waals surface area contributed by atoms with Crippen molar-refractivity contribution in [1.82, 2.24) is 15.0 Å². The molecule has 0 aliphatic carbocycles. The van der Waals surface area contributed by atoms with Gasteiger partial charge in [-0.25, -0.2) is 9.97 Å². The number of fused-ring (bicyclic) bond motifs is 1. The molecular formula is C19H16N4OS. The van der Waals surface area contributed by atoms with Crippen LogP contribution in [0.4, 0.5) is 11.5 Å².